The first-order valence-electron chi connectivity index (χ1n) is 17.1. The van der Waals surface area contributed by atoms with E-state index in [0.29, 0.717) is 32.1 Å². The number of cyclic esters (lactones) is 1. The van der Waals surface area contributed by atoms with Crippen molar-refractivity contribution in [3.63, 3.8) is 0 Å². The van der Waals surface area contributed by atoms with E-state index in [1.54, 1.807) is 0 Å². The Balaban J connectivity index is 1.26. The molecule has 1 aromatic rings. The van der Waals surface area contributed by atoms with Gasteiger partial charge in [0.15, 0.2) is 0 Å². The van der Waals surface area contributed by atoms with Gasteiger partial charge >= 0.3 is 12.2 Å². The van der Waals surface area contributed by atoms with Crippen LogP contribution in [-0.2, 0) is 47.0 Å². The average molecular weight is 734 g/mol. The summed E-state index contributed by atoms with van der Waals surface area (Å²) in [5, 5.41) is 4.08. The minimum Gasteiger partial charge on any atom is -0.450 e. The lowest BCUT2D eigenvalue weighted by Crippen LogP contribution is -2.58. The summed E-state index contributed by atoms with van der Waals surface area (Å²) in [6, 6.07) is 2.50. The predicted molar refractivity (Wildman–Crippen MR) is 177 cm³/mol. The molecule has 4 bridgehead atoms. The summed E-state index contributed by atoms with van der Waals surface area (Å²) >= 11 is 0. The fraction of sp³-hybridized carbons (Fsp3) is 0.559. The van der Waals surface area contributed by atoms with Gasteiger partial charge in [0.05, 0.1) is 24.9 Å². The number of halogens is 2. The molecule has 3 heterocycles. The number of carbonyl (C=O) groups excluding carboxylic acids is 5. The third kappa shape index (κ3) is 8.02. The number of nitrogens with one attached hydrogen (secondary N) is 3. The van der Waals surface area contributed by atoms with Crippen LogP contribution in [0.2, 0.25) is 0 Å². The van der Waals surface area contributed by atoms with Crippen molar-refractivity contribution in [2.45, 2.75) is 99.9 Å². The molecule has 5 aliphatic rings. The van der Waals surface area contributed by atoms with Gasteiger partial charge in [-0.25, -0.2) is 26.8 Å². The Morgan fingerprint density at radius 3 is 2.65 bits per heavy atom. The first-order chi connectivity index (χ1) is 24.3. The molecule has 3 fully saturated rings. The van der Waals surface area contributed by atoms with E-state index in [2.05, 4.69) is 17.2 Å². The van der Waals surface area contributed by atoms with E-state index < -0.39 is 87.7 Å². The second kappa shape index (κ2) is 14.6. The van der Waals surface area contributed by atoms with Crippen LogP contribution < -0.4 is 15.4 Å². The number of sulfonamides is 1. The maximum atomic E-state index is 14.0. The van der Waals surface area contributed by atoms with E-state index in [1.165, 1.54) is 11.0 Å². The van der Waals surface area contributed by atoms with Crippen molar-refractivity contribution in [2.24, 2.45) is 5.92 Å². The summed E-state index contributed by atoms with van der Waals surface area (Å²) in [6.07, 6.45) is 0.695. The van der Waals surface area contributed by atoms with E-state index in [4.69, 9.17) is 9.47 Å². The number of hydrogen-bond donors (Lipinski definition) is 3. The van der Waals surface area contributed by atoms with E-state index in [1.807, 2.05) is 35.1 Å². The summed E-state index contributed by atoms with van der Waals surface area (Å²) in [6.45, 7) is 3.79. The Hall–Kier alpha value is -4.54. The second-order valence-corrected chi connectivity index (χ2v) is 15.6. The minimum absolute atomic E-state index is 0.0250. The van der Waals surface area contributed by atoms with Crippen LogP contribution in [0.15, 0.2) is 36.9 Å². The molecule has 2 aliphatic carbocycles. The number of alkyl carbamates (subject to hydrolysis) is 1. The molecule has 1 saturated heterocycles. The molecule has 14 nitrogen and oxygen atoms in total. The molecule has 6 rings (SSSR count). The zero-order chi connectivity index (χ0) is 36.5. The number of rotatable bonds is 8. The standard InChI is InChI=1S/C34H41F2N5O9S/c1-2-22-16-34(22,31(44)39-51(47,48)24-11-12-24)38-29(42)27-14-23-18-41(27)30(43)26(15-28(35)36)37-32(45)49-13-6-4-3-5-8-20-9-7-10-21-17-40(19-25(20)21)33(46)50-23/h2,5,7-10,22-24,26-28H,1,3-4,6,11-19H2,(H,37,45)(H,38,42)(H,39,44)/t22-,23-,26+,27+,34-/m1/s1. The van der Waals surface area contributed by atoms with Gasteiger partial charge in [-0.2, -0.15) is 0 Å². The van der Waals surface area contributed by atoms with Crippen LogP contribution in [0.1, 0.15) is 68.1 Å². The van der Waals surface area contributed by atoms with E-state index in [0.717, 1.165) is 21.6 Å². The molecule has 2 saturated carbocycles. The van der Waals surface area contributed by atoms with Crippen LogP contribution in [0.5, 0.6) is 0 Å². The zero-order valence-electron chi connectivity index (χ0n) is 27.9. The fourth-order valence-corrected chi connectivity index (χ4v) is 8.23. The number of amides is 5. The van der Waals surface area contributed by atoms with Crippen molar-refractivity contribution >= 4 is 46.0 Å². The lowest BCUT2D eigenvalue weighted by Gasteiger charge is -2.29. The third-order valence-electron chi connectivity index (χ3n) is 9.94. The van der Waals surface area contributed by atoms with Crippen molar-refractivity contribution in [1.29, 1.82) is 0 Å². The second-order valence-electron chi connectivity index (χ2n) is 13.6. The highest BCUT2D eigenvalue weighted by Crippen LogP contribution is 2.45. The summed E-state index contributed by atoms with van der Waals surface area (Å²) in [5.41, 5.74) is 1.13. The van der Waals surface area contributed by atoms with Crippen molar-refractivity contribution in [3.8, 4) is 0 Å². The van der Waals surface area contributed by atoms with Crippen molar-refractivity contribution in [2.75, 3.05) is 13.2 Å². The Kier molecular flexibility index (Phi) is 10.4. The number of ether oxygens (including phenoxy) is 2. The number of fused-ring (bicyclic) bond motifs is 3. The SMILES string of the molecule is C=C[C@@H]1C[C@]1(NC(=O)[C@@H]1C[C@@H]2CN1C(=O)[C@H](CC(F)F)NC(=O)OCCCCC=Cc1cccc3c1CN(C3)C(=O)O2)C(=O)NS(=O)(=O)C1CC1. The van der Waals surface area contributed by atoms with E-state index in [-0.39, 0.29) is 39.1 Å². The summed E-state index contributed by atoms with van der Waals surface area (Å²) < 4.78 is 65.6. The smallest absolute Gasteiger partial charge is 0.410 e. The van der Waals surface area contributed by atoms with E-state index >= 15 is 0 Å². The van der Waals surface area contributed by atoms with Crippen LogP contribution in [-0.4, -0.2) is 96.7 Å². The van der Waals surface area contributed by atoms with Gasteiger partial charge in [0, 0.05) is 25.3 Å². The number of carbonyl (C=O) groups is 5. The van der Waals surface area contributed by atoms with Crippen LogP contribution >= 0.6 is 0 Å². The molecule has 17 heteroatoms. The number of benzene rings is 1. The first kappa shape index (κ1) is 36.3. The lowest BCUT2D eigenvalue weighted by atomic mass is 10.0. The quantitative estimate of drug-likeness (QED) is 0.339. The topological polar surface area (TPSA) is 181 Å². The molecule has 51 heavy (non-hydrogen) atoms. The number of hydrogen-bond acceptors (Lipinski definition) is 9. The Bertz CT molecular complexity index is 1740. The van der Waals surface area contributed by atoms with Gasteiger partial charge < -0.3 is 25.0 Å². The van der Waals surface area contributed by atoms with Crippen molar-refractivity contribution in [3.05, 3.63) is 53.6 Å². The fourth-order valence-electron chi connectivity index (χ4n) is 6.87. The minimum atomic E-state index is -3.97. The van der Waals surface area contributed by atoms with Crippen LogP contribution in [0.4, 0.5) is 18.4 Å². The van der Waals surface area contributed by atoms with Gasteiger partial charge in [-0.1, -0.05) is 36.4 Å². The van der Waals surface area contributed by atoms with E-state index in [9.17, 15) is 41.2 Å². The average Bonchev–Trinajstić information content (AvgIpc) is 3.97. The largest absolute Gasteiger partial charge is 0.450 e. The highest BCUT2D eigenvalue weighted by molar-refractivity contribution is 7.91. The van der Waals surface area contributed by atoms with Crippen LogP contribution in [0, 0.1) is 5.92 Å². The number of nitrogens with zero attached hydrogens (tertiary/aromatic N) is 2. The molecule has 1 aromatic carbocycles. The highest BCUT2D eigenvalue weighted by atomic mass is 32.2. The lowest BCUT2D eigenvalue weighted by molar-refractivity contribution is -0.141. The molecular formula is C34H41F2N5O9S. The van der Waals surface area contributed by atoms with Gasteiger partial charge in [-0.05, 0) is 55.2 Å². The molecule has 276 valence electrons. The monoisotopic (exact) mass is 733 g/mol. The predicted octanol–water partition coefficient (Wildman–Crippen LogP) is 2.72. The first-order valence-corrected chi connectivity index (χ1v) is 18.6. The van der Waals surface area contributed by atoms with Crippen LogP contribution in [0.25, 0.3) is 6.08 Å². The van der Waals surface area contributed by atoms with Gasteiger partial charge in [0.2, 0.25) is 28.3 Å². The Labute approximate surface area is 294 Å². The molecule has 0 spiro atoms. The zero-order valence-corrected chi connectivity index (χ0v) is 28.7. The molecule has 5 atom stereocenters. The molecule has 0 unspecified atom stereocenters. The van der Waals surface area contributed by atoms with Gasteiger partial charge in [-0.15, -0.1) is 6.58 Å². The molecular weight excluding hydrogens is 692 g/mol. The van der Waals surface area contributed by atoms with Crippen LogP contribution in [0.3, 0.4) is 0 Å². The summed E-state index contributed by atoms with van der Waals surface area (Å²) in [5.74, 6) is -3.54. The molecule has 3 aliphatic heterocycles. The van der Waals surface area contributed by atoms with Gasteiger partial charge in [0.25, 0.3) is 5.91 Å². The maximum absolute atomic E-state index is 14.0. The molecule has 0 aromatic heterocycles. The van der Waals surface area contributed by atoms with Gasteiger partial charge in [0.1, 0.15) is 23.7 Å². The maximum Gasteiger partial charge on any atom is 0.410 e. The summed E-state index contributed by atoms with van der Waals surface area (Å²) in [7, 11) is -3.97. The molecule has 5 amide bonds. The third-order valence-corrected chi connectivity index (χ3v) is 11.8. The summed E-state index contributed by atoms with van der Waals surface area (Å²) in [4.78, 5) is 69.7. The number of alkyl halides is 2. The Morgan fingerprint density at radius 2 is 1.94 bits per heavy atom. The number of allylic oxidation sites excluding steroid dienone is 1. The Morgan fingerprint density at radius 1 is 1.16 bits per heavy atom. The molecule has 3 N–H and O–H groups in total. The normalized spacial score (nSPS) is 28.4. The van der Waals surface area contributed by atoms with Gasteiger partial charge in [-0.3, -0.25) is 24.0 Å². The van der Waals surface area contributed by atoms with Crippen molar-refractivity contribution in [1.82, 2.24) is 25.2 Å². The highest BCUT2D eigenvalue weighted by Gasteiger charge is 2.62. The van der Waals surface area contributed by atoms with Crippen molar-refractivity contribution < 1.29 is 50.6 Å². The molecule has 0 radical (unpaired) electrons.